The molecule has 0 atom stereocenters. The Bertz CT molecular complexity index is 696. The van der Waals surface area contributed by atoms with Crippen LogP contribution < -0.4 is 10.5 Å². The fourth-order valence-corrected chi connectivity index (χ4v) is 4.62. The number of benzene rings is 1. The molecular formula is C12H13BrN2O2S2. The van der Waals surface area contributed by atoms with Gasteiger partial charge in [0.05, 0.1) is 0 Å². The van der Waals surface area contributed by atoms with E-state index in [1.54, 1.807) is 31.2 Å². The van der Waals surface area contributed by atoms with Crippen molar-refractivity contribution in [3.8, 4) is 0 Å². The van der Waals surface area contributed by atoms with Crippen LogP contribution in [0.4, 0.5) is 5.69 Å². The Morgan fingerprint density at radius 3 is 2.68 bits per heavy atom. The van der Waals surface area contributed by atoms with E-state index in [1.165, 1.54) is 11.3 Å². The predicted octanol–water partition coefficient (Wildman–Crippen LogP) is 3.08. The van der Waals surface area contributed by atoms with Crippen molar-refractivity contribution < 1.29 is 8.42 Å². The van der Waals surface area contributed by atoms with Crippen LogP contribution in [0.15, 0.2) is 39.7 Å². The summed E-state index contributed by atoms with van der Waals surface area (Å²) >= 11 is 4.71. The van der Waals surface area contributed by atoms with Crippen LogP contribution in [0.1, 0.15) is 9.75 Å². The number of hydrogen-bond donors (Lipinski definition) is 2. The SMILES string of the molecule is Cc1sc(CN)cc1S(=O)(=O)Nc1cccc(Br)c1. The first-order valence-electron chi connectivity index (χ1n) is 5.50. The number of halogens is 1. The van der Waals surface area contributed by atoms with Crippen LogP contribution >= 0.6 is 27.3 Å². The van der Waals surface area contributed by atoms with Gasteiger partial charge in [0.2, 0.25) is 0 Å². The molecule has 0 saturated carbocycles. The van der Waals surface area contributed by atoms with Crippen molar-refractivity contribution >= 4 is 43.0 Å². The van der Waals surface area contributed by atoms with Gasteiger partial charge in [-0.3, -0.25) is 4.72 Å². The molecule has 0 aliphatic heterocycles. The second kappa shape index (κ2) is 5.62. The quantitative estimate of drug-likeness (QED) is 0.879. The number of nitrogens with one attached hydrogen (secondary N) is 1. The van der Waals surface area contributed by atoms with E-state index in [9.17, 15) is 8.42 Å². The molecule has 0 fully saturated rings. The normalized spacial score (nSPS) is 11.5. The zero-order chi connectivity index (χ0) is 14.0. The van der Waals surface area contributed by atoms with Crippen molar-refractivity contribution in [2.45, 2.75) is 18.4 Å². The van der Waals surface area contributed by atoms with E-state index < -0.39 is 10.0 Å². The Morgan fingerprint density at radius 2 is 2.11 bits per heavy atom. The molecule has 2 rings (SSSR count). The van der Waals surface area contributed by atoms with Crippen molar-refractivity contribution in [3.63, 3.8) is 0 Å². The summed E-state index contributed by atoms with van der Waals surface area (Å²) < 4.78 is 28.0. The van der Waals surface area contributed by atoms with Gasteiger partial charge in [-0.05, 0) is 31.2 Å². The highest BCUT2D eigenvalue weighted by atomic mass is 79.9. The summed E-state index contributed by atoms with van der Waals surface area (Å²) in [5.41, 5.74) is 6.06. The van der Waals surface area contributed by atoms with E-state index in [0.717, 1.165) is 14.2 Å². The lowest BCUT2D eigenvalue weighted by Gasteiger charge is -2.07. The minimum Gasteiger partial charge on any atom is -0.326 e. The molecule has 0 amide bonds. The second-order valence-electron chi connectivity index (χ2n) is 3.95. The minimum atomic E-state index is -3.57. The van der Waals surface area contributed by atoms with Crippen LogP contribution in [0.25, 0.3) is 0 Å². The Balaban J connectivity index is 2.34. The number of anilines is 1. The molecule has 7 heteroatoms. The lowest BCUT2D eigenvalue weighted by Crippen LogP contribution is -2.13. The fraction of sp³-hybridized carbons (Fsp3) is 0.167. The first-order chi connectivity index (χ1) is 8.92. The number of hydrogen-bond acceptors (Lipinski definition) is 4. The lowest BCUT2D eigenvalue weighted by atomic mass is 10.3. The molecular weight excluding hydrogens is 348 g/mol. The van der Waals surface area contributed by atoms with Gasteiger partial charge in [0, 0.05) is 26.5 Å². The molecule has 102 valence electrons. The summed E-state index contributed by atoms with van der Waals surface area (Å²) in [5, 5.41) is 0. The number of rotatable bonds is 4. The molecule has 1 heterocycles. The molecule has 2 aromatic rings. The van der Waals surface area contributed by atoms with Gasteiger partial charge in [0.25, 0.3) is 10.0 Å². The zero-order valence-corrected chi connectivity index (χ0v) is 13.4. The standard InChI is InChI=1S/C12H13BrN2O2S2/c1-8-12(6-11(7-14)18-8)19(16,17)15-10-4-2-3-9(13)5-10/h2-6,15H,7,14H2,1H3. The minimum absolute atomic E-state index is 0.290. The van der Waals surface area contributed by atoms with E-state index in [2.05, 4.69) is 20.7 Å². The Morgan fingerprint density at radius 1 is 1.37 bits per heavy atom. The van der Waals surface area contributed by atoms with Crippen molar-refractivity contribution in [1.29, 1.82) is 0 Å². The highest BCUT2D eigenvalue weighted by molar-refractivity contribution is 9.10. The average molecular weight is 361 g/mol. The number of thiophene rings is 1. The first kappa shape index (κ1) is 14.5. The van der Waals surface area contributed by atoms with Crippen molar-refractivity contribution in [2.24, 2.45) is 5.73 Å². The van der Waals surface area contributed by atoms with Crippen LogP contribution in [-0.4, -0.2) is 8.42 Å². The smallest absolute Gasteiger partial charge is 0.263 e. The number of sulfonamides is 1. The summed E-state index contributed by atoms with van der Waals surface area (Å²) in [5.74, 6) is 0. The Kier molecular flexibility index (Phi) is 4.29. The van der Waals surface area contributed by atoms with Crippen LogP contribution in [0.5, 0.6) is 0 Å². The maximum Gasteiger partial charge on any atom is 0.263 e. The highest BCUT2D eigenvalue weighted by Crippen LogP contribution is 2.27. The molecule has 0 saturated heterocycles. The topological polar surface area (TPSA) is 72.2 Å². The molecule has 0 unspecified atom stereocenters. The summed E-state index contributed by atoms with van der Waals surface area (Å²) in [6.45, 7) is 2.12. The monoisotopic (exact) mass is 360 g/mol. The Hall–Kier alpha value is -0.890. The largest absolute Gasteiger partial charge is 0.326 e. The molecule has 0 spiro atoms. The average Bonchev–Trinajstić information content (AvgIpc) is 2.71. The van der Waals surface area contributed by atoms with Gasteiger partial charge in [0.15, 0.2) is 0 Å². The third-order valence-corrected chi connectivity index (χ3v) is 5.69. The van der Waals surface area contributed by atoms with Crippen molar-refractivity contribution in [1.82, 2.24) is 0 Å². The van der Waals surface area contributed by atoms with Crippen LogP contribution in [-0.2, 0) is 16.6 Å². The summed E-state index contributed by atoms with van der Waals surface area (Å²) in [4.78, 5) is 1.88. The van der Waals surface area contributed by atoms with Crippen molar-refractivity contribution in [3.05, 3.63) is 44.6 Å². The van der Waals surface area contributed by atoms with E-state index >= 15 is 0 Å². The molecule has 1 aromatic heterocycles. The van der Waals surface area contributed by atoms with Gasteiger partial charge in [0.1, 0.15) is 4.90 Å². The van der Waals surface area contributed by atoms with Gasteiger partial charge in [-0.1, -0.05) is 22.0 Å². The zero-order valence-electron chi connectivity index (χ0n) is 10.2. The number of aryl methyl sites for hydroxylation is 1. The van der Waals surface area contributed by atoms with Gasteiger partial charge >= 0.3 is 0 Å². The molecule has 0 aliphatic carbocycles. The maximum absolute atomic E-state index is 12.3. The molecule has 4 nitrogen and oxygen atoms in total. The van der Waals surface area contributed by atoms with Gasteiger partial charge in [-0.2, -0.15) is 0 Å². The van der Waals surface area contributed by atoms with Crippen LogP contribution in [0.2, 0.25) is 0 Å². The van der Waals surface area contributed by atoms with E-state index in [0.29, 0.717) is 12.2 Å². The molecule has 19 heavy (non-hydrogen) atoms. The first-order valence-corrected chi connectivity index (χ1v) is 8.59. The van der Waals surface area contributed by atoms with Gasteiger partial charge < -0.3 is 5.73 Å². The summed E-state index contributed by atoms with van der Waals surface area (Å²) in [6, 6.07) is 8.64. The fourth-order valence-electron chi connectivity index (χ4n) is 1.65. The van der Waals surface area contributed by atoms with E-state index in [4.69, 9.17) is 5.73 Å². The third-order valence-electron chi connectivity index (χ3n) is 2.49. The van der Waals surface area contributed by atoms with Crippen LogP contribution in [0.3, 0.4) is 0 Å². The lowest BCUT2D eigenvalue weighted by molar-refractivity contribution is 0.601. The van der Waals surface area contributed by atoms with Crippen LogP contribution in [0, 0.1) is 6.92 Å². The molecule has 0 aliphatic rings. The maximum atomic E-state index is 12.3. The molecule has 1 aromatic carbocycles. The predicted molar refractivity (Wildman–Crippen MR) is 81.9 cm³/mol. The van der Waals surface area contributed by atoms with E-state index in [-0.39, 0.29) is 4.90 Å². The van der Waals surface area contributed by atoms with Gasteiger partial charge in [-0.15, -0.1) is 11.3 Å². The molecule has 3 N–H and O–H groups in total. The summed E-state index contributed by atoms with van der Waals surface area (Å²) in [6.07, 6.45) is 0. The van der Waals surface area contributed by atoms with E-state index in [1.807, 2.05) is 6.07 Å². The third kappa shape index (κ3) is 3.36. The molecule has 0 radical (unpaired) electrons. The molecule has 0 bridgehead atoms. The highest BCUT2D eigenvalue weighted by Gasteiger charge is 2.19. The van der Waals surface area contributed by atoms with Gasteiger partial charge in [-0.25, -0.2) is 8.42 Å². The van der Waals surface area contributed by atoms with Crippen molar-refractivity contribution in [2.75, 3.05) is 4.72 Å². The number of nitrogens with two attached hydrogens (primary N) is 1. The Labute approximate surface area is 124 Å². The summed E-state index contributed by atoms with van der Waals surface area (Å²) in [7, 11) is -3.57. The second-order valence-corrected chi connectivity index (χ2v) is 7.86.